The maximum Gasteiger partial charge on any atom is 0.346 e. The molecule has 0 bridgehead atoms. The van der Waals surface area contributed by atoms with Crippen molar-refractivity contribution in [1.29, 1.82) is 0 Å². The average Bonchev–Trinajstić information content (AvgIpc) is 3.12. The Bertz CT molecular complexity index is 852. The number of aromatic nitrogens is 1. The maximum atomic E-state index is 11.5. The average molecular weight is 312 g/mol. The Kier molecular flexibility index (Phi) is 2.97. The number of carboxylic acids is 1. The van der Waals surface area contributed by atoms with E-state index >= 15 is 0 Å². The predicted octanol–water partition coefficient (Wildman–Crippen LogP) is 3.94. The lowest BCUT2D eigenvalue weighted by atomic mass is 9.92. The molecule has 0 saturated carbocycles. The van der Waals surface area contributed by atoms with Crippen LogP contribution in [0, 0.1) is 0 Å². The second kappa shape index (κ2) is 4.99. The molecule has 0 atom stereocenters. The van der Waals surface area contributed by atoms with Gasteiger partial charge in [0.2, 0.25) is 0 Å². The molecule has 6 heteroatoms. The number of aromatic carboxylic acids is 1. The Morgan fingerprint density at radius 1 is 1.27 bits per heavy atom. The first-order valence-corrected chi connectivity index (χ1v) is 7.70. The molecule has 0 radical (unpaired) electrons. The van der Waals surface area contributed by atoms with Crippen LogP contribution in [-0.2, 0) is 12.8 Å². The number of anilines is 2. The van der Waals surface area contributed by atoms with Gasteiger partial charge in [0.1, 0.15) is 9.88 Å². The first-order chi connectivity index (χ1) is 10.7. The van der Waals surface area contributed by atoms with Gasteiger partial charge in [-0.05, 0) is 30.5 Å². The van der Waals surface area contributed by atoms with Gasteiger partial charge in [0.15, 0.2) is 5.76 Å². The first kappa shape index (κ1) is 13.1. The Morgan fingerprint density at radius 2 is 2.09 bits per heavy atom. The smallest absolute Gasteiger partial charge is 0.346 e. The summed E-state index contributed by atoms with van der Waals surface area (Å²) in [5.74, 6) is -0.214. The molecule has 1 aromatic carbocycles. The van der Waals surface area contributed by atoms with Gasteiger partial charge >= 0.3 is 5.97 Å². The van der Waals surface area contributed by atoms with Crippen LogP contribution in [0.15, 0.2) is 41.1 Å². The van der Waals surface area contributed by atoms with Gasteiger partial charge in [-0.1, -0.05) is 23.4 Å². The van der Waals surface area contributed by atoms with E-state index in [9.17, 15) is 9.90 Å². The summed E-state index contributed by atoms with van der Waals surface area (Å²) in [5, 5.41) is 17.4. The second-order valence-electron chi connectivity index (χ2n) is 5.09. The van der Waals surface area contributed by atoms with Gasteiger partial charge in [0, 0.05) is 11.3 Å². The van der Waals surface area contributed by atoms with Crippen molar-refractivity contribution < 1.29 is 14.4 Å². The van der Waals surface area contributed by atoms with E-state index in [-0.39, 0.29) is 0 Å². The van der Waals surface area contributed by atoms with E-state index in [0.29, 0.717) is 17.1 Å². The number of thiophene rings is 1. The van der Waals surface area contributed by atoms with Crippen molar-refractivity contribution in [3.05, 3.63) is 52.5 Å². The van der Waals surface area contributed by atoms with Crippen molar-refractivity contribution in [3.63, 3.8) is 0 Å². The minimum atomic E-state index is -0.898. The highest BCUT2D eigenvalue weighted by molar-refractivity contribution is 7.18. The summed E-state index contributed by atoms with van der Waals surface area (Å²) < 4.78 is 5.38. The fourth-order valence-corrected chi connectivity index (χ4v) is 3.87. The quantitative estimate of drug-likeness (QED) is 0.766. The van der Waals surface area contributed by atoms with E-state index in [1.165, 1.54) is 11.3 Å². The van der Waals surface area contributed by atoms with E-state index in [1.807, 2.05) is 30.3 Å². The van der Waals surface area contributed by atoms with E-state index in [0.717, 1.165) is 33.8 Å². The standard InChI is InChI=1S/C16H12N2O3S/c19-16(20)14-11-7-6-9-8-17-21-13(9)12(11)15(22-14)18-10-4-2-1-3-5-10/h1-5,8,18H,6-7H2,(H,19,20). The molecule has 4 rings (SSSR count). The van der Waals surface area contributed by atoms with Crippen molar-refractivity contribution in [2.75, 3.05) is 5.32 Å². The Labute approximate surface area is 130 Å². The molecule has 0 aliphatic heterocycles. The summed E-state index contributed by atoms with van der Waals surface area (Å²) in [4.78, 5) is 11.9. The lowest BCUT2D eigenvalue weighted by Crippen LogP contribution is -2.05. The molecule has 0 unspecified atom stereocenters. The van der Waals surface area contributed by atoms with Crippen LogP contribution in [0.5, 0.6) is 0 Å². The number of rotatable bonds is 3. The number of aryl methyl sites for hydroxylation is 1. The van der Waals surface area contributed by atoms with E-state index in [4.69, 9.17) is 4.52 Å². The van der Waals surface area contributed by atoms with Gasteiger partial charge in [-0.2, -0.15) is 0 Å². The van der Waals surface area contributed by atoms with Crippen LogP contribution < -0.4 is 5.32 Å². The number of hydrogen-bond acceptors (Lipinski definition) is 5. The number of benzene rings is 1. The molecule has 1 aliphatic carbocycles. The molecule has 0 spiro atoms. The zero-order valence-corrected chi connectivity index (χ0v) is 12.3. The molecule has 2 aromatic heterocycles. The summed E-state index contributed by atoms with van der Waals surface area (Å²) in [6.07, 6.45) is 3.16. The van der Waals surface area contributed by atoms with Gasteiger partial charge < -0.3 is 14.9 Å². The number of carbonyl (C=O) groups is 1. The van der Waals surface area contributed by atoms with Gasteiger partial charge in [-0.25, -0.2) is 4.79 Å². The number of nitrogens with one attached hydrogen (secondary N) is 1. The third kappa shape index (κ3) is 2.00. The minimum Gasteiger partial charge on any atom is -0.477 e. The summed E-state index contributed by atoms with van der Waals surface area (Å²) in [6, 6.07) is 9.68. The largest absolute Gasteiger partial charge is 0.477 e. The van der Waals surface area contributed by atoms with Crippen molar-refractivity contribution in [2.24, 2.45) is 0 Å². The van der Waals surface area contributed by atoms with E-state index < -0.39 is 5.97 Å². The number of nitrogens with zero attached hydrogens (tertiary/aromatic N) is 1. The highest BCUT2D eigenvalue weighted by Gasteiger charge is 2.30. The Morgan fingerprint density at radius 3 is 2.86 bits per heavy atom. The van der Waals surface area contributed by atoms with Crippen LogP contribution in [0.25, 0.3) is 11.3 Å². The minimum absolute atomic E-state index is 0.371. The Balaban J connectivity index is 1.88. The lowest BCUT2D eigenvalue weighted by Gasteiger charge is -2.13. The molecule has 0 amide bonds. The fraction of sp³-hybridized carbons (Fsp3) is 0.125. The zero-order valence-electron chi connectivity index (χ0n) is 11.5. The monoisotopic (exact) mass is 312 g/mol. The van der Waals surface area contributed by atoms with Crippen LogP contribution in [0.2, 0.25) is 0 Å². The van der Waals surface area contributed by atoms with Crippen molar-refractivity contribution in [1.82, 2.24) is 5.16 Å². The summed E-state index contributed by atoms with van der Waals surface area (Å²) >= 11 is 1.25. The van der Waals surface area contributed by atoms with Crippen molar-refractivity contribution in [2.45, 2.75) is 12.8 Å². The SMILES string of the molecule is O=C(O)c1sc(Nc2ccccc2)c2c1CCc1cnoc1-2. The van der Waals surface area contributed by atoms with Gasteiger partial charge in [0.05, 0.1) is 11.8 Å². The summed E-state index contributed by atoms with van der Waals surface area (Å²) in [6.45, 7) is 0. The summed E-state index contributed by atoms with van der Waals surface area (Å²) in [7, 11) is 0. The van der Waals surface area contributed by atoms with Gasteiger partial charge in [-0.3, -0.25) is 0 Å². The van der Waals surface area contributed by atoms with Crippen LogP contribution in [-0.4, -0.2) is 16.2 Å². The molecule has 2 N–H and O–H groups in total. The number of fused-ring (bicyclic) bond motifs is 3. The zero-order chi connectivity index (χ0) is 15.1. The fourth-order valence-electron chi connectivity index (χ4n) is 2.76. The van der Waals surface area contributed by atoms with Gasteiger partial charge in [-0.15, -0.1) is 11.3 Å². The molecular formula is C16H12N2O3S. The third-order valence-electron chi connectivity index (χ3n) is 3.75. The Hall–Kier alpha value is -2.60. The van der Waals surface area contributed by atoms with Crippen LogP contribution in [0.4, 0.5) is 10.7 Å². The first-order valence-electron chi connectivity index (χ1n) is 6.89. The number of carboxylic acid groups (broad SMARTS) is 1. The maximum absolute atomic E-state index is 11.5. The van der Waals surface area contributed by atoms with Crippen LogP contribution in [0.1, 0.15) is 20.8 Å². The highest BCUT2D eigenvalue weighted by atomic mass is 32.1. The summed E-state index contributed by atoms with van der Waals surface area (Å²) in [5.41, 5.74) is 3.61. The molecule has 0 saturated heterocycles. The highest BCUT2D eigenvalue weighted by Crippen LogP contribution is 2.46. The predicted molar refractivity (Wildman–Crippen MR) is 83.9 cm³/mol. The number of hydrogen-bond donors (Lipinski definition) is 2. The van der Waals surface area contributed by atoms with Crippen molar-refractivity contribution >= 4 is 28.0 Å². The lowest BCUT2D eigenvalue weighted by molar-refractivity contribution is 0.0701. The molecule has 2 heterocycles. The molecule has 1 aliphatic rings. The molecule has 22 heavy (non-hydrogen) atoms. The molecular weight excluding hydrogens is 300 g/mol. The molecule has 5 nitrogen and oxygen atoms in total. The van der Waals surface area contributed by atoms with Crippen LogP contribution in [0.3, 0.4) is 0 Å². The van der Waals surface area contributed by atoms with Crippen LogP contribution >= 0.6 is 11.3 Å². The molecule has 110 valence electrons. The molecule has 0 fully saturated rings. The normalized spacial score (nSPS) is 12.5. The van der Waals surface area contributed by atoms with E-state index in [1.54, 1.807) is 6.20 Å². The topological polar surface area (TPSA) is 75.4 Å². The third-order valence-corrected chi connectivity index (χ3v) is 4.88. The van der Waals surface area contributed by atoms with Gasteiger partial charge in [0.25, 0.3) is 0 Å². The van der Waals surface area contributed by atoms with E-state index in [2.05, 4.69) is 10.5 Å². The molecule has 3 aromatic rings. The van der Waals surface area contributed by atoms with Crippen molar-refractivity contribution in [3.8, 4) is 11.3 Å². The second-order valence-corrected chi connectivity index (χ2v) is 6.11. The number of para-hydroxylation sites is 1.